The van der Waals surface area contributed by atoms with Gasteiger partial charge < -0.3 is 29.2 Å². The Labute approximate surface area is 291 Å². The van der Waals surface area contributed by atoms with Crippen LogP contribution in [0.4, 0.5) is 13.6 Å². The number of esters is 1. The Balaban J connectivity index is 1.44. The smallest absolute Gasteiger partial charge is 0.408 e. The summed E-state index contributed by atoms with van der Waals surface area (Å²) in [4.78, 5) is 51.8. The quantitative estimate of drug-likeness (QED) is 0.300. The van der Waals surface area contributed by atoms with Crippen molar-refractivity contribution in [1.29, 1.82) is 0 Å². The molecule has 3 fully saturated rings. The fraction of sp³-hybridized carbons (Fsp3) is 0.649. The molecule has 272 valence electrons. The number of alkyl carbamates (subject to hydrolysis) is 1. The maximum absolute atomic E-state index is 16.2. The van der Waals surface area contributed by atoms with Gasteiger partial charge in [0.05, 0.1) is 31.3 Å². The highest BCUT2D eigenvalue weighted by atomic mass is 19.3. The lowest BCUT2D eigenvalue weighted by molar-refractivity contribution is -0.156. The Morgan fingerprint density at radius 3 is 2.56 bits per heavy atom. The molecule has 8 atom stereocenters. The minimum Gasteiger partial charge on any atom is -0.497 e. The fourth-order valence-electron chi connectivity index (χ4n) is 7.65. The average Bonchev–Trinajstić information content (AvgIpc) is 3.62. The number of rotatable bonds is 4. The number of nitrogens with zero attached hydrogens (tertiary/aromatic N) is 3. The molecule has 4 aliphatic rings. The number of nitrogens with one attached hydrogen (secondary N) is 1. The summed E-state index contributed by atoms with van der Waals surface area (Å²) in [5.41, 5.74) is -0.957. The molecule has 0 radical (unpaired) electrons. The number of allylic oxidation sites excluding steroid dienone is 2. The summed E-state index contributed by atoms with van der Waals surface area (Å²) in [7, 11) is 1.49. The fourth-order valence-corrected chi connectivity index (χ4v) is 7.65. The van der Waals surface area contributed by atoms with Crippen LogP contribution in [0.5, 0.6) is 11.6 Å². The lowest BCUT2D eigenvalue weighted by Crippen LogP contribution is -2.57. The molecule has 1 saturated heterocycles. The molecule has 1 aromatic heterocycles. The molecule has 6 rings (SSSR count). The number of halogens is 2. The molecule has 13 heteroatoms. The number of alkyl halides is 2. The lowest BCUT2D eigenvalue weighted by atomic mass is 9.85. The molecule has 11 nitrogen and oxygen atoms in total. The number of aromatic nitrogens is 2. The van der Waals surface area contributed by atoms with Crippen molar-refractivity contribution in [1.82, 2.24) is 20.2 Å². The molecule has 2 aliphatic carbocycles. The van der Waals surface area contributed by atoms with E-state index in [9.17, 15) is 14.4 Å². The summed E-state index contributed by atoms with van der Waals surface area (Å²) in [6.07, 6.45) is 2.82. The third-order valence-corrected chi connectivity index (χ3v) is 10.5. The van der Waals surface area contributed by atoms with Gasteiger partial charge in [-0.05, 0) is 73.0 Å². The van der Waals surface area contributed by atoms with Crippen LogP contribution in [-0.4, -0.2) is 77.4 Å². The van der Waals surface area contributed by atoms with Crippen LogP contribution in [0.2, 0.25) is 0 Å². The van der Waals surface area contributed by atoms with Crippen molar-refractivity contribution in [3.63, 3.8) is 0 Å². The molecule has 0 spiro atoms. The Morgan fingerprint density at radius 2 is 1.86 bits per heavy atom. The second-order valence-corrected chi connectivity index (χ2v) is 15.8. The SMILES string of the molecule is COc1ccc2nc3c(nc2c1)O[C@H]1CN(C(=O)[C@H](C(C)(C)C)NC(=O)O[C@@H]2C[C@@H]4C[C@@H]4[C@H]2CC/C=C/C3(F)F)[C@H](C(=O)OCC(C)C)[C@@H]1C. The van der Waals surface area contributed by atoms with E-state index in [0.717, 1.165) is 12.5 Å². The number of hydrogen-bond donors (Lipinski definition) is 1. The van der Waals surface area contributed by atoms with E-state index in [2.05, 4.69) is 15.3 Å². The molecule has 3 heterocycles. The van der Waals surface area contributed by atoms with Gasteiger partial charge in [0.25, 0.3) is 0 Å². The zero-order valence-electron chi connectivity index (χ0n) is 29.8. The van der Waals surface area contributed by atoms with E-state index >= 15 is 8.78 Å². The maximum atomic E-state index is 16.2. The van der Waals surface area contributed by atoms with Gasteiger partial charge in [-0.15, -0.1) is 0 Å². The zero-order chi connectivity index (χ0) is 36.1. The summed E-state index contributed by atoms with van der Waals surface area (Å²) in [6, 6.07) is 2.54. The summed E-state index contributed by atoms with van der Waals surface area (Å²) < 4.78 is 55.5. The highest BCUT2D eigenvalue weighted by Gasteiger charge is 2.55. The monoisotopic (exact) mass is 698 g/mol. The topological polar surface area (TPSA) is 129 Å². The van der Waals surface area contributed by atoms with Crippen molar-refractivity contribution in [2.75, 3.05) is 20.3 Å². The number of hydrogen-bond acceptors (Lipinski definition) is 9. The first kappa shape index (κ1) is 35.8. The van der Waals surface area contributed by atoms with E-state index in [1.165, 1.54) is 18.1 Å². The van der Waals surface area contributed by atoms with E-state index in [1.54, 1.807) is 25.1 Å². The van der Waals surface area contributed by atoms with Crippen LogP contribution in [-0.2, 0) is 25.0 Å². The van der Waals surface area contributed by atoms with Gasteiger partial charge in [0.1, 0.15) is 30.0 Å². The molecule has 2 bridgehead atoms. The highest BCUT2D eigenvalue weighted by molar-refractivity contribution is 5.91. The summed E-state index contributed by atoms with van der Waals surface area (Å²) >= 11 is 0. The third kappa shape index (κ3) is 7.23. The van der Waals surface area contributed by atoms with Gasteiger partial charge >= 0.3 is 18.0 Å². The number of amides is 2. The van der Waals surface area contributed by atoms with Gasteiger partial charge in [-0.2, -0.15) is 8.78 Å². The Kier molecular flexibility index (Phi) is 9.73. The van der Waals surface area contributed by atoms with Gasteiger partial charge in [0, 0.05) is 12.0 Å². The van der Waals surface area contributed by atoms with Gasteiger partial charge in [-0.3, -0.25) is 4.79 Å². The average molecular weight is 699 g/mol. The summed E-state index contributed by atoms with van der Waals surface area (Å²) in [5.74, 6) is -4.56. The van der Waals surface area contributed by atoms with E-state index in [0.29, 0.717) is 36.8 Å². The largest absolute Gasteiger partial charge is 0.497 e. The molecule has 50 heavy (non-hydrogen) atoms. The van der Waals surface area contributed by atoms with Crippen molar-refractivity contribution in [2.45, 2.75) is 97.4 Å². The van der Waals surface area contributed by atoms with Crippen molar-refractivity contribution in [2.24, 2.45) is 35.0 Å². The van der Waals surface area contributed by atoms with Crippen LogP contribution in [0.25, 0.3) is 11.0 Å². The molecule has 2 aromatic rings. The van der Waals surface area contributed by atoms with E-state index in [-0.39, 0.29) is 42.1 Å². The van der Waals surface area contributed by atoms with Crippen LogP contribution in [0, 0.1) is 35.0 Å². The Hall–Kier alpha value is -4.03. The number of fused-ring (bicyclic) bond motifs is 7. The summed E-state index contributed by atoms with van der Waals surface area (Å²) in [6.45, 7) is 10.9. The van der Waals surface area contributed by atoms with Crippen LogP contribution >= 0.6 is 0 Å². The number of methoxy groups -OCH3 is 1. The van der Waals surface area contributed by atoms with Crippen molar-refractivity contribution >= 4 is 29.0 Å². The maximum Gasteiger partial charge on any atom is 0.408 e. The number of carbonyl (C=O) groups is 3. The third-order valence-electron chi connectivity index (χ3n) is 10.5. The molecular formula is C37H48F2N4O7. The predicted octanol–water partition coefficient (Wildman–Crippen LogP) is 6.04. The lowest BCUT2D eigenvalue weighted by Gasteiger charge is -2.35. The molecule has 1 N–H and O–H groups in total. The molecule has 0 unspecified atom stereocenters. The molecule has 2 aliphatic heterocycles. The van der Waals surface area contributed by atoms with E-state index in [1.807, 2.05) is 34.6 Å². The number of carbonyl (C=O) groups excluding carboxylic acids is 3. The van der Waals surface area contributed by atoms with Crippen LogP contribution < -0.4 is 14.8 Å². The molecular weight excluding hydrogens is 650 g/mol. The van der Waals surface area contributed by atoms with Crippen molar-refractivity contribution < 1.29 is 42.1 Å². The Bertz CT molecular complexity index is 1660. The van der Waals surface area contributed by atoms with Gasteiger partial charge in [-0.1, -0.05) is 47.6 Å². The standard InChI is InChI=1S/C37H48F2N4O7/c1-19(2)18-48-34(45)29-20(3)28-17-43(29)33(44)31(36(4,5)6)42-35(46)50-27-15-21-14-24(21)23(27)10-8-9-13-37(38,39)30-32(49-28)41-26-16-22(47-7)11-12-25(26)40-30/h9,11-13,16,19-21,23-24,27-29,31H,8,10,14-15,17-18H2,1-7H3,(H,42,46)/b13-9+/t20-,21+,23-,24+,27-,28+,29+,31-/m1/s1. The molecule has 2 saturated carbocycles. The van der Waals surface area contributed by atoms with Crippen LogP contribution in [0.3, 0.4) is 0 Å². The van der Waals surface area contributed by atoms with E-state index < -0.39 is 65.0 Å². The van der Waals surface area contributed by atoms with Gasteiger partial charge in [0.2, 0.25) is 11.8 Å². The van der Waals surface area contributed by atoms with Gasteiger partial charge in [-0.25, -0.2) is 19.6 Å². The van der Waals surface area contributed by atoms with Gasteiger partial charge in [0.15, 0.2) is 5.69 Å². The molecule has 2 amide bonds. The summed E-state index contributed by atoms with van der Waals surface area (Å²) in [5, 5.41) is 2.83. The first-order valence-electron chi connectivity index (χ1n) is 17.6. The molecule has 1 aromatic carbocycles. The van der Waals surface area contributed by atoms with Crippen molar-refractivity contribution in [3.05, 3.63) is 36.0 Å². The predicted molar refractivity (Wildman–Crippen MR) is 180 cm³/mol. The first-order chi connectivity index (χ1) is 23.6. The minimum absolute atomic E-state index is 0.0151. The van der Waals surface area contributed by atoms with Crippen LogP contribution in [0.15, 0.2) is 30.4 Å². The highest BCUT2D eigenvalue weighted by Crippen LogP contribution is 2.57. The number of ether oxygens (including phenoxy) is 4. The van der Waals surface area contributed by atoms with Crippen LogP contribution in [0.1, 0.15) is 72.9 Å². The second kappa shape index (κ2) is 13.6. The number of benzene rings is 1. The Morgan fingerprint density at radius 1 is 1.10 bits per heavy atom. The minimum atomic E-state index is -3.57. The normalized spacial score (nSPS) is 31.7. The first-order valence-corrected chi connectivity index (χ1v) is 17.6. The van der Waals surface area contributed by atoms with Crippen molar-refractivity contribution in [3.8, 4) is 11.6 Å². The second-order valence-electron chi connectivity index (χ2n) is 15.8. The zero-order valence-corrected chi connectivity index (χ0v) is 29.8. The van der Waals surface area contributed by atoms with E-state index in [4.69, 9.17) is 18.9 Å².